The van der Waals surface area contributed by atoms with Crippen molar-refractivity contribution in [3.63, 3.8) is 0 Å². The van der Waals surface area contributed by atoms with Crippen LogP contribution < -0.4 is 5.32 Å². The number of amides is 1. The van der Waals surface area contributed by atoms with Gasteiger partial charge in [-0.1, -0.05) is 54.6 Å². The van der Waals surface area contributed by atoms with E-state index in [1.165, 1.54) is 0 Å². The zero-order chi connectivity index (χ0) is 19.2. The van der Waals surface area contributed by atoms with Gasteiger partial charge in [0, 0.05) is 12.3 Å². The van der Waals surface area contributed by atoms with E-state index in [1.54, 1.807) is 0 Å². The molecule has 3 rings (SSSR count). The van der Waals surface area contributed by atoms with Crippen LogP contribution in [0.25, 0.3) is 0 Å². The molecule has 0 unspecified atom stereocenters. The molecule has 2 aromatic rings. The van der Waals surface area contributed by atoms with Crippen molar-refractivity contribution in [2.75, 3.05) is 6.61 Å². The zero-order valence-corrected chi connectivity index (χ0v) is 15.7. The molecule has 1 amide bonds. The van der Waals surface area contributed by atoms with Crippen LogP contribution in [0.5, 0.6) is 0 Å². The summed E-state index contributed by atoms with van der Waals surface area (Å²) in [5, 5.41) is 12.6. The summed E-state index contributed by atoms with van der Waals surface area (Å²) in [5.74, 6) is 0.108. The molecule has 27 heavy (non-hydrogen) atoms. The molecule has 3 atom stereocenters. The first-order valence-corrected chi connectivity index (χ1v) is 9.66. The fourth-order valence-electron chi connectivity index (χ4n) is 3.70. The van der Waals surface area contributed by atoms with Gasteiger partial charge in [0.1, 0.15) is 5.78 Å². The van der Waals surface area contributed by atoms with Crippen molar-refractivity contribution in [2.45, 2.75) is 44.6 Å². The number of Topliss-reactive ketones (excluding diaryl/α,β-unsaturated/α-hetero) is 1. The molecule has 1 saturated carbocycles. The summed E-state index contributed by atoms with van der Waals surface area (Å²) in [6.45, 7) is 1.72. The van der Waals surface area contributed by atoms with E-state index in [4.69, 9.17) is 0 Å². The number of aliphatic hydroxyl groups excluding tert-OH is 1. The van der Waals surface area contributed by atoms with E-state index in [1.807, 2.05) is 61.5 Å². The third-order valence-corrected chi connectivity index (χ3v) is 5.49. The van der Waals surface area contributed by atoms with Gasteiger partial charge in [-0.15, -0.1) is 0 Å². The molecule has 0 aromatic heterocycles. The highest BCUT2D eigenvalue weighted by Crippen LogP contribution is 2.26. The average Bonchev–Trinajstić information content (AvgIpc) is 3.11. The standard InChI is InChI=1S/C23H27NO3/c1-16(23(27)24-21(15-25)19-6-3-2-4-7-19)18-12-10-17(11-13-18)14-20-8-5-9-22(20)26/h2-4,6-7,10-13,16,20-21,25H,5,8-9,14-15H2,1H3,(H,24,27)/t16-,20-,21-/m0/s1. The highest BCUT2D eigenvalue weighted by molar-refractivity contribution is 5.84. The van der Waals surface area contributed by atoms with Crippen LogP contribution in [0.15, 0.2) is 54.6 Å². The number of hydrogen-bond donors (Lipinski definition) is 2. The monoisotopic (exact) mass is 365 g/mol. The molecule has 2 N–H and O–H groups in total. The molecule has 0 aliphatic heterocycles. The van der Waals surface area contributed by atoms with Crippen LogP contribution in [0.3, 0.4) is 0 Å². The molecule has 4 nitrogen and oxygen atoms in total. The number of aliphatic hydroxyl groups is 1. The van der Waals surface area contributed by atoms with Gasteiger partial charge in [-0.3, -0.25) is 9.59 Å². The first kappa shape index (κ1) is 19.3. The van der Waals surface area contributed by atoms with E-state index < -0.39 is 6.04 Å². The van der Waals surface area contributed by atoms with E-state index in [0.717, 1.165) is 36.0 Å². The third kappa shape index (κ3) is 4.83. The maximum atomic E-state index is 12.6. The Morgan fingerprint density at radius 1 is 1.11 bits per heavy atom. The maximum Gasteiger partial charge on any atom is 0.227 e. The van der Waals surface area contributed by atoms with Crippen molar-refractivity contribution in [1.29, 1.82) is 0 Å². The van der Waals surface area contributed by atoms with Gasteiger partial charge >= 0.3 is 0 Å². The molecule has 1 aliphatic rings. The number of carbonyl (C=O) groups is 2. The Hall–Kier alpha value is -2.46. The summed E-state index contributed by atoms with van der Waals surface area (Å²) >= 11 is 0. The highest BCUT2D eigenvalue weighted by atomic mass is 16.3. The van der Waals surface area contributed by atoms with Gasteiger partial charge in [0.05, 0.1) is 18.6 Å². The molecule has 0 heterocycles. The molecule has 142 valence electrons. The fraction of sp³-hybridized carbons (Fsp3) is 0.391. The van der Waals surface area contributed by atoms with Gasteiger partial charge in [-0.05, 0) is 42.9 Å². The smallest absolute Gasteiger partial charge is 0.227 e. The van der Waals surface area contributed by atoms with Gasteiger partial charge in [0.25, 0.3) is 0 Å². The second-order valence-electron chi connectivity index (χ2n) is 7.38. The van der Waals surface area contributed by atoms with Gasteiger partial charge in [0.2, 0.25) is 5.91 Å². The average molecular weight is 365 g/mol. The molecule has 0 spiro atoms. The lowest BCUT2D eigenvalue weighted by Gasteiger charge is -2.20. The van der Waals surface area contributed by atoms with Crippen molar-refractivity contribution in [2.24, 2.45) is 5.92 Å². The lowest BCUT2D eigenvalue weighted by molar-refractivity contribution is -0.123. The summed E-state index contributed by atoms with van der Waals surface area (Å²) in [4.78, 5) is 24.4. The predicted molar refractivity (Wildman–Crippen MR) is 105 cm³/mol. The van der Waals surface area contributed by atoms with E-state index >= 15 is 0 Å². The summed E-state index contributed by atoms with van der Waals surface area (Å²) in [7, 11) is 0. The molecule has 0 saturated heterocycles. The van der Waals surface area contributed by atoms with Crippen LogP contribution in [0.1, 0.15) is 54.8 Å². The number of nitrogens with one attached hydrogen (secondary N) is 1. The summed E-state index contributed by atoms with van der Waals surface area (Å²) in [5.41, 5.74) is 2.96. The Morgan fingerprint density at radius 3 is 2.41 bits per heavy atom. The molecular weight excluding hydrogens is 338 g/mol. The Balaban J connectivity index is 1.61. The Bertz CT molecular complexity index is 770. The maximum absolute atomic E-state index is 12.6. The normalized spacial score (nSPS) is 18.9. The van der Waals surface area contributed by atoms with Gasteiger partial charge in [-0.2, -0.15) is 0 Å². The van der Waals surface area contributed by atoms with Crippen molar-refractivity contribution < 1.29 is 14.7 Å². The number of hydrogen-bond acceptors (Lipinski definition) is 3. The van der Waals surface area contributed by atoms with Crippen LogP contribution >= 0.6 is 0 Å². The van der Waals surface area contributed by atoms with Crippen LogP contribution in [0, 0.1) is 5.92 Å². The second-order valence-corrected chi connectivity index (χ2v) is 7.38. The Kier molecular flexibility index (Phi) is 6.40. The van der Waals surface area contributed by atoms with Crippen molar-refractivity contribution in [1.82, 2.24) is 5.32 Å². The van der Waals surface area contributed by atoms with Gasteiger partial charge in [-0.25, -0.2) is 0 Å². The van der Waals surface area contributed by atoms with E-state index in [2.05, 4.69) is 5.32 Å². The lowest BCUT2D eigenvalue weighted by atomic mass is 9.93. The first-order chi connectivity index (χ1) is 13.1. The summed E-state index contributed by atoms with van der Waals surface area (Å²) in [6.07, 6.45) is 3.50. The molecular formula is C23H27NO3. The van der Waals surface area contributed by atoms with Crippen molar-refractivity contribution in [3.8, 4) is 0 Å². The number of benzene rings is 2. The van der Waals surface area contributed by atoms with E-state index in [-0.39, 0.29) is 24.3 Å². The molecule has 1 fully saturated rings. The van der Waals surface area contributed by atoms with Crippen LogP contribution in [-0.4, -0.2) is 23.4 Å². The molecule has 2 aromatic carbocycles. The molecule has 4 heteroatoms. The fourth-order valence-corrected chi connectivity index (χ4v) is 3.70. The van der Waals surface area contributed by atoms with Gasteiger partial charge < -0.3 is 10.4 Å². The van der Waals surface area contributed by atoms with Crippen molar-refractivity contribution in [3.05, 3.63) is 71.3 Å². The van der Waals surface area contributed by atoms with Crippen LogP contribution in [-0.2, 0) is 16.0 Å². The minimum absolute atomic E-state index is 0.114. The number of ketones is 1. The number of carbonyl (C=O) groups excluding carboxylic acids is 2. The van der Waals surface area contributed by atoms with E-state index in [9.17, 15) is 14.7 Å². The SMILES string of the molecule is C[C@H](C(=O)N[C@@H](CO)c1ccccc1)c1ccc(C[C@@H]2CCCC2=O)cc1. The lowest BCUT2D eigenvalue weighted by Crippen LogP contribution is -2.33. The zero-order valence-electron chi connectivity index (χ0n) is 15.7. The van der Waals surface area contributed by atoms with Crippen molar-refractivity contribution >= 4 is 11.7 Å². The van der Waals surface area contributed by atoms with E-state index in [0.29, 0.717) is 12.2 Å². The van der Waals surface area contributed by atoms with Crippen LogP contribution in [0.2, 0.25) is 0 Å². The Morgan fingerprint density at radius 2 is 1.81 bits per heavy atom. The molecule has 0 bridgehead atoms. The molecule has 1 aliphatic carbocycles. The second kappa shape index (κ2) is 8.96. The highest BCUT2D eigenvalue weighted by Gasteiger charge is 2.24. The Labute approximate surface area is 160 Å². The minimum atomic E-state index is -0.409. The number of rotatable bonds is 7. The van der Waals surface area contributed by atoms with Gasteiger partial charge in [0.15, 0.2) is 0 Å². The third-order valence-electron chi connectivity index (χ3n) is 5.49. The first-order valence-electron chi connectivity index (χ1n) is 9.66. The predicted octanol–water partition coefficient (Wildman–Crippen LogP) is 3.55. The van der Waals surface area contributed by atoms with Crippen LogP contribution in [0.4, 0.5) is 0 Å². The summed E-state index contributed by atoms with van der Waals surface area (Å²) < 4.78 is 0. The largest absolute Gasteiger partial charge is 0.394 e. The topological polar surface area (TPSA) is 66.4 Å². The molecule has 0 radical (unpaired) electrons. The summed E-state index contributed by atoms with van der Waals surface area (Å²) in [6, 6.07) is 17.0. The quantitative estimate of drug-likeness (QED) is 0.788. The minimum Gasteiger partial charge on any atom is -0.394 e.